The van der Waals surface area contributed by atoms with E-state index >= 15 is 0 Å². The number of ether oxygens (including phenoxy) is 4. The Hall–Kier alpha value is -2.27. The predicted molar refractivity (Wildman–Crippen MR) is 270 cm³/mol. The van der Waals surface area contributed by atoms with Gasteiger partial charge in [0.1, 0.15) is 0 Å². The van der Waals surface area contributed by atoms with Gasteiger partial charge in [0.2, 0.25) is 0 Å². The molecule has 0 aromatic heterocycles. The van der Waals surface area contributed by atoms with Crippen LogP contribution in [-0.2, 0) is 66.3 Å². The molecule has 9 heteroatoms. The summed E-state index contributed by atoms with van der Waals surface area (Å²) in [4.78, 5) is 0. The number of fused-ring (bicyclic) bond motifs is 8. The maximum atomic E-state index is 14.3. The molecular weight excluding hydrogens is 934 g/mol. The Balaban J connectivity index is 0.000000402. The van der Waals surface area contributed by atoms with Gasteiger partial charge in [-0.05, 0) is 121 Å². The molecule has 4 saturated heterocycles. The molecule has 0 amide bonds. The molecule has 8 nitrogen and oxygen atoms in total. The van der Waals surface area contributed by atoms with Gasteiger partial charge in [-0.2, -0.15) is 0 Å². The summed E-state index contributed by atoms with van der Waals surface area (Å²) < 4.78 is 19.8. The molecule has 4 aromatic carbocycles. The zero-order chi connectivity index (χ0) is 49.9. The molecule has 0 radical (unpaired) electrons. The van der Waals surface area contributed by atoms with Gasteiger partial charge in [-0.3, -0.25) is 0 Å². The van der Waals surface area contributed by atoms with Gasteiger partial charge in [-0.1, -0.05) is 176 Å². The van der Waals surface area contributed by atoms with Gasteiger partial charge in [0, 0.05) is 52.9 Å². The van der Waals surface area contributed by atoms with Crippen molar-refractivity contribution >= 4 is 0 Å². The maximum absolute atomic E-state index is 14.3. The minimum atomic E-state index is -0.256. The zero-order valence-electron chi connectivity index (χ0n) is 45.0. The summed E-state index contributed by atoms with van der Waals surface area (Å²) in [6.07, 6.45) is 10.9. The molecule has 0 atom stereocenters. The Morgan fingerprint density at radius 3 is 0.493 bits per heavy atom. The van der Waals surface area contributed by atoms with E-state index in [2.05, 4.69) is 83.1 Å². The summed E-state index contributed by atoms with van der Waals surface area (Å²) in [7, 11) is 0. The predicted octanol–water partition coefficient (Wildman–Crippen LogP) is 8.04. The van der Waals surface area contributed by atoms with Crippen molar-refractivity contribution < 1.29 is 97.6 Å². The van der Waals surface area contributed by atoms with Crippen molar-refractivity contribution in [1.82, 2.24) is 0 Å². The Bertz CT molecular complexity index is 1790. The molecule has 69 heavy (non-hydrogen) atoms. The maximum Gasteiger partial charge on any atom is 1.00 e. The SMILES string of the molecule is C1CCOC1.C1CCOC1.C1CCOC1.C1CCOC1.CC(C)(C)c1cc2c([O-])c(c1)Cc1cc(C(C)(C)C)cc(c1[O-])Cc1cc(C(C)(C)C)cc(c1[O-])Cc1cc(C(C)(C)C)cc(c1[O-])C2.[Rb+]. The van der Waals surface area contributed by atoms with Gasteiger partial charge in [-0.25, -0.2) is 0 Å². The van der Waals surface area contributed by atoms with Crippen molar-refractivity contribution in [2.75, 3.05) is 52.9 Å². The Morgan fingerprint density at radius 2 is 0.406 bits per heavy atom. The van der Waals surface area contributed by atoms with Crippen LogP contribution in [0.3, 0.4) is 0 Å². The van der Waals surface area contributed by atoms with Crippen molar-refractivity contribution in [2.24, 2.45) is 0 Å². The van der Waals surface area contributed by atoms with E-state index in [0.29, 0.717) is 44.5 Å². The second-order valence-corrected chi connectivity index (χ2v) is 23.5. The van der Waals surface area contributed by atoms with E-state index in [-0.39, 0.29) is 129 Å². The molecule has 1 aliphatic carbocycles. The summed E-state index contributed by atoms with van der Waals surface area (Å²) in [6, 6.07) is 15.6. The average molecular weight is 1020 g/mol. The fourth-order valence-corrected chi connectivity index (χ4v) is 8.66. The standard InChI is InChI=1S/C44H56O4.4C4H8O.Rb/c1-41(2,3)33-17-25-13-27-19-34(42(4,5)6)21-29(38(27)46)15-31-23-36(44(10,11)12)24-32(40(31)48)16-30-22-35(43(7,8)9)20-28(39(30)47)14-26(18-33)37(25)45;4*1-2-4-5-3-1;/h17-24,45-48H,13-16H2,1-12H3;4*1-4H2;/q;;;;;+1/p-4. The Kier molecular flexibility index (Phi) is 22.9. The smallest absolute Gasteiger partial charge is 0.872 e. The number of hydrogen-bond acceptors (Lipinski definition) is 8. The van der Waals surface area contributed by atoms with Crippen molar-refractivity contribution in [3.63, 3.8) is 0 Å². The van der Waals surface area contributed by atoms with E-state index in [1.807, 2.05) is 48.5 Å². The first-order valence-corrected chi connectivity index (χ1v) is 25.6. The first kappa shape index (κ1) is 59.3. The fourth-order valence-electron chi connectivity index (χ4n) is 8.66. The quantitative estimate of drug-likeness (QED) is 0.153. The zero-order valence-corrected chi connectivity index (χ0v) is 49.9. The molecule has 376 valence electrons. The normalized spacial score (nSPS) is 16.9. The fraction of sp³-hybridized carbons (Fsp3) is 0.600. The van der Waals surface area contributed by atoms with Gasteiger partial charge < -0.3 is 39.4 Å². The summed E-state index contributed by atoms with van der Waals surface area (Å²) >= 11 is 0. The molecule has 4 aliphatic heterocycles. The topological polar surface area (TPSA) is 129 Å². The monoisotopic (exact) mass is 1020 g/mol. The van der Waals surface area contributed by atoms with Crippen LogP contribution in [0.1, 0.15) is 201 Å². The Morgan fingerprint density at radius 1 is 0.275 bits per heavy atom. The van der Waals surface area contributed by atoms with Gasteiger partial charge in [0.15, 0.2) is 0 Å². The molecule has 4 heterocycles. The molecule has 0 spiro atoms. The molecule has 5 aliphatic rings. The summed E-state index contributed by atoms with van der Waals surface area (Å²) in [5.74, 6) is -0.496. The number of hydrogen-bond donors (Lipinski definition) is 0. The third-order valence-electron chi connectivity index (χ3n) is 13.3. The molecule has 0 unspecified atom stereocenters. The van der Waals surface area contributed by atoms with Gasteiger partial charge in [0.25, 0.3) is 0 Å². The first-order valence-electron chi connectivity index (χ1n) is 25.6. The van der Waals surface area contributed by atoms with E-state index in [9.17, 15) is 20.4 Å². The van der Waals surface area contributed by atoms with Crippen LogP contribution in [-0.4, -0.2) is 52.9 Å². The molecule has 9 rings (SSSR count). The minimum Gasteiger partial charge on any atom is -0.872 e. The number of rotatable bonds is 0. The van der Waals surface area contributed by atoms with Crippen LogP contribution < -0.4 is 78.6 Å². The van der Waals surface area contributed by atoms with Gasteiger partial charge in [-0.15, -0.1) is 23.0 Å². The van der Waals surface area contributed by atoms with Crippen LogP contribution in [0, 0.1) is 0 Å². The van der Waals surface area contributed by atoms with Crippen molar-refractivity contribution in [1.29, 1.82) is 0 Å². The van der Waals surface area contributed by atoms with E-state index in [0.717, 1.165) is 75.1 Å². The first-order chi connectivity index (χ1) is 31.9. The van der Waals surface area contributed by atoms with Crippen LogP contribution in [0.5, 0.6) is 23.0 Å². The van der Waals surface area contributed by atoms with E-state index < -0.39 is 0 Å². The molecule has 8 bridgehead atoms. The second-order valence-electron chi connectivity index (χ2n) is 23.5. The summed E-state index contributed by atoms with van der Waals surface area (Å²) in [6.45, 7) is 33.3. The van der Waals surface area contributed by atoms with E-state index in [4.69, 9.17) is 18.9 Å². The molecule has 0 saturated carbocycles. The number of benzene rings is 4. The van der Waals surface area contributed by atoms with E-state index in [1.165, 1.54) is 51.4 Å². The van der Waals surface area contributed by atoms with Gasteiger partial charge >= 0.3 is 58.2 Å². The van der Waals surface area contributed by atoms with Crippen molar-refractivity contribution in [3.8, 4) is 23.0 Å². The Labute approximate surface area is 466 Å². The largest absolute Gasteiger partial charge is 1.00 e. The second kappa shape index (κ2) is 26.6. The van der Waals surface area contributed by atoms with E-state index in [1.54, 1.807) is 0 Å². The third kappa shape index (κ3) is 18.0. The summed E-state index contributed by atoms with van der Waals surface area (Å²) in [5, 5.41) is 57.1. The molecule has 4 aromatic rings. The minimum absolute atomic E-state index is 0. The van der Waals surface area contributed by atoms with Crippen LogP contribution in [0.2, 0.25) is 0 Å². The average Bonchev–Trinajstić information content (AvgIpc) is 4.12. The molecule has 4 fully saturated rings. The van der Waals surface area contributed by atoms with Crippen LogP contribution in [0.15, 0.2) is 48.5 Å². The van der Waals surface area contributed by atoms with Crippen molar-refractivity contribution in [3.05, 3.63) is 115 Å². The molecular formula is C60H84O8Rb-3. The third-order valence-corrected chi connectivity index (χ3v) is 13.3. The van der Waals surface area contributed by atoms with Crippen LogP contribution in [0.25, 0.3) is 0 Å². The molecule has 0 N–H and O–H groups in total. The summed E-state index contributed by atoms with van der Waals surface area (Å²) in [5.41, 5.74) is 7.39. The van der Waals surface area contributed by atoms with Gasteiger partial charge in [0.05, 0.1) is 0 Å². The van der Waals surface area contributed by atoms with Crippen LogP contribution >= 0.6 is 0 Å². The van der Waals surface area contributed by atoms with Crippen molar-refractivity contribution in [2.45, 2.75) is 182 Å². The van der Waals surface area contributed by atoms with Crippen LogP contribution in [0.4, 0.5) is 0 Å².